The van der Waals surface area contributed by atoms with E-state index in [2.05, 4.69) is 9.80 Å². The molecular formula is C18H25N3O2S. The first-order valence-electron chi connectivity index (χ1n) is 9.10. The molecule has 0 bridgehead atoms. The number of carbonyl (C=O) groups excluding carboxylic acids is 2. The number of thiophene rings is 1. The summed E-state index contributed by atoms with van der Waals surface area (Å²) in [5, 5.41) is 1.95. The number of nitrogens with zero attached hydrogens (tertiary/aromatic N) is 3. The summed E-state index contributed by atoms with van der Waals surface area (Å²) in [4.78, 5) is 32.6. The number of fused-ring (bicyclic) bond motifs is 1. The van der Waals surface area contributed by atoms with Crippen LogP contribution in [0.4, 0.5) is 0 Å². The van der Waals surface area contributed by atoms with Gasteiger partial charge in [0.05, 0.1) is 17.0 Å². The zero-order chi connectivity index (χ0) is 16.5. The van der Waals surface area contributed by atoms with Crippen molar-refractivity contribution in [1.29, 1.82) is 0 Å². The highest BCUT2D eigenvalue weighted by Gasteiger charge is 2.45. The minimum absolute atomic E-state index is 0.145. The van der Waals surface area contributed by atoms with Gasteiger partial charge in [0.25, 0.3) is 5.91 Å². The van der Waals surface area contributed by atoms with Crippen molar-refractivity contribution in [3.05, 3.63) is 22.4 Å². The largest absolute Gasteiger partial charge is 0.336 e. The minimum atomic E-state index is 0.145. The van der Waals surface area contributed by atoms with E-state index >= 15 is 0 Å². The summed E-state index contributed by atoms with van der Waals surface area (Å²) in [6, 6.07) is 4.26. The van der Waals surface area contributed by atoms with E-state index in [0.717, 1.165) is 37.4 Å². The van der Waals surface area contributed by atoms with Crippen LogP contribution in [0.1, 0.15) is 41.8 Å². The van der Waals surface area contributed by atoms with Crippen molar-refractivity contribution in [2.75, 3.05) is 32.7 Å². The van der Waals surface area contributed by atoms with E-state index in [1.807, 2.05) is 22.4 Å². The lowest BCUT2D eigenvalue weighted by atomic mass is 9.96. The molecule has 0 radical (unpaired) electrons. The Kier molecular flexibility index (Phi) is 4.59. The Bertz CT molecular complexity index is 597. The Balaban J connectivity index is 1.43. The quantitative estimate of drug-likeness (QED) is 0.837. The molecule has 3 aliphatic rings. The van der Waals surface area contributed by atoms with Gasteiger partial charge in [-0.15, -0.1) is 11.3 Å². The van der Waals surface area contributed by atoms with Gasteiger partial charge in [0.2, 0.25) is 5.91 Å². The molecule has 0 saturated carbocycles. The number of piperidine rings is 1. The van der Waals surface area contributed by atoms with Gasteiger partial charge in [-0.3, -0.25) is 9.59 Å². The molecule has 4 rings (SSSR count). The van der Waals surface area contributed by atoms with E-state index in [0.29, 0.717) is 6.42 Å². The van der Waals surface area contributed by atoms with E-state index < -0.39 is 0 Å². The molecule has 2 atom stereocenters. The normalized spacial score (nSPS) is 27.8. The molecule has 2 amide bonds. The van der Waals surface area contributed by atoms with Crippen LogP contribution >= 0.6 is 11.3 Å². The van der Waals surface area contributed by atoms with Crippen LogP contribution in [-0.4, -0.2) is 71.3 Å². The molecule has 24 heavy (non-hydrogen) atoms. The molecule has 0 aromatic carbocycles. The van der Waals surface area contributed by atoms with Crippen LogP contribution < -0.4 is 0 Å². The molecule has 3 saturated heterocycles. The summed E-state index contributed by atoms with van der Waals surface area (Å²) in [7, 11) is 0. The van der Waals surface area contributed by atoms with Crippen molar-refractivity contribution in [2.45, 2.75) is 44.2 Å². The van der Waals surface area contributed by atoms with Gasteiger partial charge in [-0.25, -0.2) is 0 Å². The molecule has 5 nitrogen and oxygen atoms in total. The van der Waals surface area contributed by atoms with E-state index in [4.69, 9.17) is 0 Å². The number of rotatable bonds is 4. The van der Waals surface area contributed by atoms with Crippen LogP contribution in [-0.2, 0) is 4.79 Å². The number of likely N-dealkylation sites (tertiary alicyclic amines) is 3. The Labute approximate surface area is 147 Å². The number of carbonyl (C=O) groups is 2. The Morgan fingerprint density at radius 1 is 1.12 bits per heavy atom. The molecule has 1 aromatic heterocycles. The smallest absolute Gasteiger partial charge is 0.264 e. The number of amides is 2. The SMILES string of the molecule is O=C1CCC2C(CCN2C(=O)c2cccs2)N1CCN1CCCC1. The van der Waals surface area contributed by atoms with Crippen molar-refractivity contribution in [1.82, 2.24) is 14.7 Å². The third-order valence-corrected chi connectivity index (χ3v) is 6.59. The second kappa shape index (κ2) is 6.84. The lowest BCUT2D eigenvalue weighted by Gasteiger charge is -2.40. The summed E-state index contributed by atoms with van der Waals surface area (Å²) in [5.74, 6) is 0.423. The molecule has 1 aromatic rings. The molecule has 2 unspecified atom stereocenters. The molecule has 3 fully saturated rings. The molecule has 3 aliphatic heterocycles. The van der Waals surface area contributed by atoms with Crippen LogP contribution in [0.25, 0.3) is 0 Å². The highest BCUT2D eigenvalue weighted by molar-refractivity contribution is 7.12. The van der Waals surface area contributed by atoms with E-state index in [1.165, 1.54) is 37.3 Å². The zero-order valence-electron chi connectivity index (χ0n) is 14.0. The standard InChI is InChI=1S/C18H25N3O2S/c22-17-6-5-14-15(20(17)12-11-19-8-1-2-9-19)7-10-21(14)18(23)16-4-3-13-24-16/h3-4,13-15H,1-2,5-12H2. The van der Waals surface area contributed by atoms with Crippen LogP contribution in [0, 0.1) is 0 Å². The third-order valence-electron chi connectivity index (χ3n) is 5.73. The van der Waals surface area contributed by atoms with Crippen molar-refractivity contribution >= 4 is 23.2 Å². The molecular weight excluding hydrogens is 322 g/mol. The minimum Gasteiger partial charge on any atom is -0.336 e. The number of hydrogen-bond acceptors (Lipinski definition) is 4. The first-order valence-corrected chi connectivity index (χ1v) is 9.98. The summed E-state index contributed by atoms with van der Waals surface area (Å²) >= 11 is 1.51. The predicted octanol–water partition coefficient (Wildman–Crippen LogP) is 2.05. The maximum absolute atomic E-state index is 12.7. The molecule has 0 aliphatic carbocycles. The maximum atomic E-state index is 12.7. The van der Waals surface area contributed by atoms with Crippen molar-refractivity contribution in [3.63, 3.8) is 0 Å². The first kappa shape index (κ1) is 16.1. The molecule has 130 valence electrons. The average molecular weight is 347 g/mol. The monoisotopic (exact) mass is 347 g/mol. The second-order valence-electron chi connectivity index (χ2n) is 7.07. The van der Waals surface area contributed by atoms with Crippen molar-refractivity contribution < 1.29 is 9.59 Å². The zero-order valence-corrected chi connectivity index (χ0v) is 14.8. The van der Waals surface area contributed by atoms with Gasteiger partial charge < -0.3 is 14.7 Å². The first-order chi connectivity index (χ1) is 11.7. The molecule has 4 heterocycles. The Morgan fingerprint density at radius 2 is 1.96 bits per heavy atom. The van der Waals surface area contributed by atoms with Crippen molar-refractivity contribution in [3.8, 4) is 0 Å². The summed E-state index contributed by atoms with van der Waals surface area (Å²) in [6.45, 7) is 4.91. The van der Waals surface area contributed by atoms with E-state index in [1.54, 1.807) is 0 Å². The van der Waals surface area contributed by atoms with Crippen molar-refractivity contribution in [2.24, 2.45) is 0 Å². The fraction of sp³-hybridized carbons (Fsp3) is 0.667. The fourth-order valence-electron chi connectivity index (χ4n) is 4.49. The van der Waals surface area contributed by atoms with Crippen LogP contribution in [0.2, 0.25) is 0 Å². The molecule has 0 N–H and O–H groups in total. The molecule has 0 spiro atoms. The van der Waals surface area contributed by atoms with Gasteiger partial charge in [0.15, 0.2) is 0 Å². The van der Waals surface area contributed by atoms with Gasteiger partial charge in [-0.05, 0) is 50.2 Å². The van der Waals surface area contributed by atoms with Crippen LogP contribution in [0.5, 0.6) is 0 Å². The average Bonchev–Trinajstić information content (AvgIpc) is 3.33. The Morgan fingerprint density at radius 3 is 2.71 bits per heavy atom. The lowest BCUT2D eigenvalue weighted by Crippen LogP contribution is -2.54. The van der Waals surface area contributed by atoms with E-state index in [-0.39, 0.29) is 23.9 Å². The predicted molar refractivity (Wildman–Crippen MR) is 94.2 cm³/mol. The van der Waals surface area contributed by atoms with Gasteiger partial charge in [-0.2, -0.15) is 0 Å². The van der Waals surface area contributed by atoms with Gasteiger partial charge >= 0.3 is 0 Å². The highest BCUT2D eigenvalue weighted by atomic mass is 32.1. The summed E-state index contributed by atoms with van der Waals surface area (Å²) < 4.78 is 0. The lowest BCUT2D eigenvalue weighted by molar-refractivity contribution is -0.137. The number of hydrogen-bond donors (Lipinski definition) is 0. The highest BCUT2D eigenvalue weighted by Crippen LogP contribution is 2.33. The summed E-state index contributed by atoms with van der Waals surface area (Å²) in [6.07, 6.45) is 4.88. The second-order valence-corrected chi connectivity index (χ2v) is 8.02. The van der Waals surface area contributed by atoms with Crippen LogP contribution in [0.3, 0.4) is 0 Å². The Hall–Kier alpha value is -1.40. The van der Waals surface area contributed by atoms with Gasteiger partial charge in [0, 0.05) is 26.1 Å². The van der Waals surface area contributed by atoms with Gasteiger partial charge in [0.1, 0.15) is 0 Å². The topological polar surface area (TPSA) is 43.9 Å². The van der Waals surface area contributed by atoms with E-state index in [9.17, 15) is 9.59 Å². The summed E-state index contributed by atoms with van der Waals surface area (Å²) in [5.41, 5.74) is 0. The van der Waals surface area contributed by atoms with Crippen LogP contribution in [0.15, 0.2) is 17.5 Å². The molecule has 6 heteroatoms. The fourth-order valence-corrected chi connectivity index (χ4v) is 5.17. The maximum Gasteiger partial charge on any atom is 0.264 e. The third kappa shape index (κ3) is 2.97. The van der Waals surface area contributed by atoms with Gasteiger partial charge in [-0.1, -0.05) is 6.07 Å².